The standard InChI is InChI=1S/C28H33ClN2O5S/c1-18(2)25-16-26(19(3)14-27(25)36-6)20(4)30-28(32)17-31(22-9-7-8-21(29)15-22)37(33,34)24-12-10-23(35-5)11-13-24/h7-16,18,20H,17H2,1-6H3,(H,30,32)/t20-/m0/s1. The summed E-state index contributed by atoms with van der Waals surface area (Å²) in [5.41, 5.74) is 3.22. The van der Waals surface area contributed by atoms with Crippen LogP contribution in [0.4, 0.5) is 5.69 Å². The van der Waals surface area contributed by atoms with Gasteiger partial charge in [-0.05, 0) is 91.1 Å². The average molecular weight is 545 g/mol. The van der Waals surface area contributed by atoms with Crippen molar-refractivity contribution in [2.24, 2.45) is 0 Å². The topological polar surface area (TPSA) is 84.9 Å². The van der Waals surface area contributed by atoms with Gasteiger partial charge in [0.15, 0.2) is 0 Å². The number of anilines is 1. The second-order valence-electron chi connectivity index (χ2n) is 9.06. The zero-order valence-corrected chi connectivity index (χ0v) is 23.5. The van der Waals surface area contributed by atoms with Crippen molar-refractivity contribution < 1.29 is 22.7 Å². The van der Waals surface area contributed by atoms with E-state index in [0.29, 0.717) is 10.8 Å². The highest BCUT2D eigenvalue weighted by atomic mass is 35.5. The highest BCUT2D eigenvalue weighted by Crippen LogP contribution is 2.32. The lowest BCUT2D eigenvalue weighted by molar-refractivity contribution is -0.120. The molecule has 9 heteroatoms. The minimum atomic E-state index is -4.08. The molecule has 0 bridgehead atoms. The van der Waals surface area contributed by atoms with Gasteiger partial charge in [-0.2, -0.15) is 0 Å². The van der Waals surface area contributed by atoms with Gasteiger partial charge < -0.3 is 14.8 Å². The van der Waals surface area contributed by atoms with E-state index in [1.54, 1.807) is 37.4 Å². The molecule has 1 amide bonds. The lowest BCUT2D eigenvalue weighted by Crippen LogP contribution is -2.41. The Kier molecular flexibility index (Phi) is 9.10. The molecule has 0 aromatic heterocycles. The third-order valence-corrected chi connectivity index (χ3v) is 8.14. The Balaban J connectivity index is 1.92. The second kappa shape index (κ2) is 11.9. The number of rotatable bonds is 10. The smallest absolute Gasteiger partial charge is 0.264 e. The van der Waals surface area contributed by atoms with Crippen LogP contribution >= 0.6 is 11.6 Å². The van der Waals surface area contributed by atoms with E-state index in [4.69, 9.17) is 21.1 Å². The Morgan fingerprint density at radius 3 is 2.22 bits per heavy atom. The number of methoxy groups -OCH3 is 2. The Hall–Kier alpha value is -3.23. The molecular formula is C28H33ClN2O5S. The normalized spacial score (nSPS) is 12.2. The van der Waals surface area contributed by atoms with Gasteiger partial charge in [0, 0.05) is 5.02 Å². The van der Waals surface area contributed by atoms with Gasteiger partial charge in [-0.25, -0.2) is 8.42 Å². The molecule has 1 N–H and O–H groups in total. The quantitative estimate of drug-likeness (QED) is 0.345. The van der Waals surface area contributed by atoms with Crippen LogP contribution in [0.15, 0.2) is 65.6 Å². The number of sulfonamides is 1. The largest absolute Gasteiger partial charge is 0.497 e. The van der Waals surface area contributed by atoms with E-state index in [1.807, 2.05) is 26.0 Å². The lowest BCUT2D eigenvalue weighted by atomic mass is 9.93. The third-order valence-electron chi connectivity index (χ3n) is 6.12. The van der Waals surface area contributed by atoms with Crippen LogP contribution in [0.1, 0.15) is 49.4 Å². The van der Waals surface area contributed by atoms with Crippen LogP contribution in [0, 0.1) is 6.92 Å². The zero-order valence-electron chi connectivity index (χ0n) is 21.9. The number of halogens is 1. The van der Waals surface area contributed by atoms with E-state index < -0.39 is 22.5 Å². The van der Waals surface area contributed by atoms with Crippen LogP contribution in [-0.2, 0) is 14.8 Å². The maximum absolute atomic E-state index is 13.6. The van der Waals surface area contributed by atoms with Gasteiger partial charge in [0.25, 0.3) is 10.0 Å². The molecule has 0 aliphatic carbocycles. The highest BCUT2D eigenvalue weighted by Gasteiger charge is 2.28. The van der Waals surface area contributed by atoms with Crippen LogP contribution < -0.4 is 19.1 Å². The van der Waals surface area contributed by atoms with Crippen LogP contribution in [0.5, 0.6) is 11.5 Å². The van der Waals surface area contributed by atoms with Crippen molar-refractivity contribution in [2.45, 2.75) is 44.6 Å². The number of nitrogens with one attached hydrogen (secondary N) is 1. The first kappa shape index (κ1) is 28.3. The summed E-state index contributed by atoms with van der Waals surface area (Å²) in [5.74, 6) is 1.10. The molecule has 37 heavy (non-hydrogen) atoms. The summed E-state index contributed by atoms with van der Waals surface area (Å²) in [6.45, 7) is 7.56. The van der Waals surface area contributed by atoms with E-state index in [2.05, 4.69) is 19.2 Å². The third kappa shape index (κ3) is 6.56. The summed E-state index contributed by atoms with van der Waals surface area (Å²) < 4.78 is 39.0. The number of benzene rings is 3. The van der Waals surface area contributed by atoms with E-state index in [1.165, 1.54) is 25.3 Å². The predicted molar refractivity (Wildman–Crippen MR) is 147 cm³/mol. The number of carbonyl (C=O) groups excluding carboxylic acids is 1. The second-order valence-corrected chi connectivity index (χ2v) is 11.4. The molecule has 0 saturated heterocycles. The number of nitrogens with zero attached hydrogens (tertiary/aromatic N) is 1. The highest BCUT2D eigenvalue weighted by molar-refractivity contribution is 7.92. The molecule has 0 aliphatic heterocycles. The molecular weight excluding hydrogens is 512 g/mol. The molecule has 0 saturated carbocycles. The number of amides is 1. The van der Waals surface area contributed by atoms with Gasteiger partial charge in [0.1, 0.15) is 18.0 Å². The Morgan fingerprint density at radius 2 is 1.65 bits per heavy atom. The summed E-state index contributed by atoms with van der Waals surface area (Å²) in [5, 5.41) is 3.32. The van der Waals surface area contributed by atoms with E-state index in [0.717, 1.165) is 26.7 Å². The number of hydrogen-bond donors (Lipinski definition) is 1. The molecule has 7 nitrogen and oxygen atoms in total. The SMILES string of the molecule is COc1ccc(S(=O)(=O)N(CC(=O)N[C@@H](C)c2cc(C(C)C)c(OC)cc2C)c2cccc(Cl)c2)cc1. The van der Waals surface area contributed by atoms with E-state index in [-0.39, 0.29) is 22.5 Å². The van der Waals surface area contributed by atoms with Crippen molar-refractivity contribution in [3.8, 4) is 11.5 Å². The fourth-order valence-corrected chi connectivity index (χ4v) is 5.72. The van der Waals surface area contributed by atoms with E-state index in [9.17, 15) is 13.2 Å². The number of carbonyl (C=O) groups is 1. The minimum Gasteiger partial charge on any atom is -0.497 e. The fraction of sp³-hybridized carbons (Fsp3) is 0.321. The Labute approximate surface area is 224 Å². The Bertz CT molecular complexity index is 1360. The molecule has 3 rings (SSSR count). The van der Waals surface area contributed by atoms with Crippen molar-refractivity contribution in [1.29, 1.82) is 0 Å². The molecule has 0 aliphatic rings. The van der Waals surface area contributed by atoms with Gasteiger partial charge in [-0.1, -0.05) is 31.5 Å². The summed E-state index contributed by atoms with van der Waals surface area (Å²) >= 11 is 6.16. The summed E-state index contributed by atoms with van der Waals surface area (Å²) in [7, 11) is -0.945. The molecule has 198 valence electrons. The summed E-state index contributed by atoms with van der Waals surface area (Å²) in [4.78, 5) is 13.3. The number of aryl methyl sites for hydroxylation is 1. The van der Waals surface area contributed by atoms with Crippen molar-refractivity contribution in [1.82, 2.24) is 5.32 Å². The van der Waals surface area contributed by atoms with Crippen LogP contribution in [0.2, 0.25) is 5.02 Å². The first-order valence-electron chi connectivity index (χ1n) is 11.9. The van der Waals surface area contributed by atoms with Crippen LogP contribution in [-0.4, -0.2) is 35.1 Å². The van der Waals surface area contributed by atoms with Crippen molar-refractivity contribution in [2.75, 3.05) is 25.1 Å². The summed E-state index contributed by atoms with van der Waals surface area (Å²) in [6, 6.07) is 16.0. The van der Waals surface area contributed by atoms with Crippen molar-refractivity contribution >= 4 is 33.2 Å². The molecule has 0 fully saturated rings. The van der Waals surface area contributed by atoms with Crippen molar-refractivity contribution in [3.63, 3.8) is 0 Å². The minimum absolute atomic E-state index is 0.0294. The van der Waals surface area contributed by atoms with Gasteiger partial charge in [-0.3, -0.25) is 9.10 Å². The predicted octanol–water partition coefficient (Wildman–Crippen LogP) is 5.86. The summed E-state index contributed by atoms with van der Waals surface area (Å²) in [6.07, 6.45) is 0. The molecule has 0 heterocycles. The molecule has 0 unspecified atom stereocenters. The van der Waals surface area contributed by atoms with Crippen LogP contribution in [0.25, 0.3) is 0 Å². The fourth-order valence-electron chi connectivity index (χ4n) is 4.13. The Morgan fingerprint density at radius 1 is 0.973 bits per heavy atom. The first-order chi connectivity index (χ1) is 17.5. The van der Waals surface area contributed by atoms with Gasteiger partial charge in [-0.15, -0.1) is 0 Å². The molecule has 1 atom stereocenters. The number of ether oxygens (including phenoxy) is 2. The monoisotopic (exact) mass is 544 g/mol. The molecule has 0 radical (unpaired) electrons. The maximum Gasteiger partial charge on any atom is 0.264 e. The lowest BCUT2D eigenvalue weighted by Gasteiger charge is -2.26. The van der Waals surface area contributed by atoms with E-state index >= 15 is 0 Å². The van der Waals surface area contributed by atoms with Crippen molar-refractivity contribution in [3.05, 3.63) is 82.4 Å². The molecule has 3 aromatic rings. The van der Waals surface area contributed by atoms with Gasteiger partial charge in [0.05, 0.1) is 30.8 Å². The molecule has 3 aromatic carbocycles. The maximum atomic E-state index is 13.6. The molecule has 0 spiro atoms. The van der Waals surface area contributed by atoms with Gasteiger partial charge in [0.2, 0.25) is 5.91 Å². The zero-order chi connectivity index (χ0) is 27.3. The van der Waals surface area contributed by atoms with Gasteiger partial charge >= 0.3 is 0 Å². The average Bonchev–Trinajstić information content (AvgIpc) is 2.86. The first-order valence-corrected chi connectivity index (χ1v) is 13.7. The van der Waals surface area contributed by atoms with Crippen LogP contribution in [0.3, 0.4) is 0 Å². The number of hydrogen-bond acceptors (Lipinski definition) is 5.